The zero-order valence-corrected chi connectivity index (χ0v) is 11.3. The molecule has 1 fully saturated rings. The highest BCUT2D eigenvalue weighted by Crippen LogP contribution is 2.18. The molecule has 1 saturated heterocycles. The van der Waals surface area contributed by atoms with Gasteiger partial charge in [0.2, 0.25) is 0 Å². The number of hydrogen-bond acceptors (Lipinski definition) is 5. The molecule has 1 amide bonds. The average molecular weight is 295 g/mol. The lowest BCUT2D eigenvalue weighted by Gasteiger charge is -2.08. The van der Waals surface area contributed by atoms with Crippen molar-refractivity contribution in [3.8, 4) is 11.5 Å². The second-order valence-corrected chi connectivity index (χ2v) is 6.95. The zero-order chi connectivity index (χ0) is 14.2. The molecule has 0 radical (unpaired) electrons. The van der Waals surface area contributed by atoms with Gasteiger partial charge in [0.1, 0.15) is 5.69 Å². The van der Waals surface area contributed by atoms with Gasteiger partial charge in [-0.15, -0.1) is 0 Å². The lowest BCUT2D eigenvalue weighted by molar-refractivity contribution is 0.0936. The Morgan fingerprint density at radius 3 is 3.00 bits per heavy atom. The monoisotopic (exact) mass is 295 g/mol. The number of carbonyl (C=O) groups is 1. The van der Waals surface area contributed by atoms with E-state index in [-0.39, 0.29) is 29.1 Å². The van der Waals surface area contributed by atoms with E-state index < -0.39 is 9.84 Å². The van der Waals surface area contributed by atoms with Crippen molar-refractivity contribution in [2.24, 2.45) is 0 Å². The maximum Gasteiger partial charge on any atom is 0.272 e. The van der Waals surface area contributed by atoms with E-state index in [0.717, 1.165) is 0 Å². The summed E-state index contributed by atoms with van der Waals surface area (Å²) in [6.07, 6.45) is 1.98. The molecule has 2 N–H and O–H groups in total. The van der Waals surface area contributed by atoms with Crippen LogP contribution < -0.4 is 5.32 Å². The minimum atomic E-state index is -3.01. The predicted octanol–water partition coefficient (Wildman–Crippen LogP) is 0.587. The number of amides is 1. The van der Waals surface area contributed by atoms with Crippen LogP contribution in [-0.4, -0.2) is 42.1 Å². The molecule has 0 spiro atoms. The second-order valence-electron chi connectivity index (χ2n) is 4.72. The van der Waals surface area contributed by atoms with E-state index >= 15 is 0 Å². The first-order valence-electron chi connectivity index (χ1n) is 6.14. The molecular formula is C12H13N3O4S. The summed E-state index contributed by atoms with van der Waals surface area (Å²) in [4.78, 5) is 12.0. The van der Waals surface area contributed by atoms with Crippen molar-refractivity contribution in [2.45, 2.75) is 12.5 Å². The molecule has 0 bridgehead atoms. The van der Waals surface area contributed by atoms with Crippen molar-refractivity contribution in [1.29, 1.82) is 0 Å². The summed E-state index contributed by atoms with van der Waals surface area (Å²) in [6, 6.07) is 4.71. The Balaban J connectivity index is 1.69. The highest BCUT2D eigenvalue weighted by atomic mass is 32.2. The minimum Gasteiger partial charge on any atom is -0.463 e. The number of sulfone groups is 1. The van der Waals surface area contributed by atoms with E-state index in [9.17, 15) is 13.2 Å². The van der Waals surface area contributed by atoms with Crippen LogP contribution in [-0.2, 0) is 9.84 Å². The topological polar surface area (TPSA) is 105 Å². The third kappa shape index (κ3) is 2.60. The molecule has 3 rings (SSSR count). The maximum absolute atomic E-state index is 12.0. The third-order valence-corrected chi connectivity index (χ3v) is 4.93. The van der Waals surface area contributed by atoms with Crippen LogP contribution >= 0.6 is 0 Å². The molecule has 1 aliphatic heterocycles. The van der Waals surface area contributed by atoms with Crippen molar-refractivity contribution < 1.29 is 17.6 Å². The summed E-state index contributed by atoms with van der Waals surface area (Å²) < 4.78 is 27.9. The standard InChI is InChI=1S/C12H13N3O4S/c16-12(13-8-3-5-20(17,18)7-8)10-6-9(14-15-10)11-2-1-4-19-11/h1-2,4,6,8H,3,5,7H2,(H,13,16)(H,14,15)/t8-/m1/s1. The zero-order valence-electron chi connectivity index (χ0n) is 10.5. The number of H-pyrrole nitrogens is 1. The smallest absolute Gasteiger partial charge is 0.272 e. The van der Waals surface area contributed by atoms with Gasteiger partial charge in [0.05, 0.1) is 17.8 Å². The van der Waals surface area contributed by atoms with E-state index in [1.54, 1.807) is 18.2 Å². The van der Waals surface area contributed by atoms with Crippen LogP contribution in [0.15, 0.2) is 28.9 Å². The highest BCUT2D eigenvalue weighted by molar-refractivity contribution is 7.91. The molecule has 0 saturated carbocycles. The summed E-state index contributed by atoms with van der Waals surface area (Å²) >= 11 is 0. The van der Waals surface area contributed by atoms with Gasteiger partial charge in [-0.05, 0) is 18.6 Å². The Morgan fingerprint density at radius 1 is 1.50 bits per heavy atom. The van der Waals surface area contributed by atoms with Crippen molar-refractivity contribution in [1.82, 2.24) is 15.5 Å². The molecule has 0 aliphatic carbocycles. The van der Waals surface area contributed by atoms with Crippen LogP contribution in [0.5, 0.6) is 0 Å². The van der Waals surface area contributed by atoms with Crippen LogP contribution in [0.2, 0.25) is 0 Å². The minimum absolute atomic E-state index is 0.00575. The summed E-state index contributed by atoms with van der Waals surface area (Å²) in [5.74, 6) is 0.311. The van der Waals surface area contributed by atoms with Crippen LogP contribution in [0.1, 0.15) is 16.9 Å². The summed E-state index contributed by atoms with van der Waals surface area (Å²) in [5, 5.41) is 9.29. The molecule has 1 atom stereocenters. The Morgan fingerprint density at radius 2 is 2.35 bits per heavy atom. The van der Waals surface area contributed by atoms with Crippen molar-refractivity contribution >= 4 is 15.7 Å². The fraction of sp³-hybridized carbons (Fsp3) is 0.333. The lowest BCUT2D eigenvalue weighted by Crippen LogP contribution is -2.35. The van der Waals surface area contributed by atoms with Gasteiger partial charge >= 0.3 is 0 Å². The van der Waals surface area contributed by atoms with Crippen LogP contribution in [0, 0.1) is 0 Å². The third-order valence-electron chi connectivity index (χ3n) is 3.16. The normalized spacial score (nSPS) is 20.9. The first-order valence-corrected chi connectivity index (χ1v) is 7.96. The molecule has 106 valence electrons. The number of furan rings is 1. The molecule has 3 heterocycles. The fourth-order valence-corrected chi connectivity index (χ4v) is 3.84. The van der Waals surface area contributed by atoms with Crippen LogP contribution in [0.25, 0.3) is 11.5 Å². The SMILES string of the molecule is O=C(N[C@@H]1CCS(=O)(=O)C1)c1cc(-c2ccco2)[nH]n1. The Hall–Kier alpha value is -2.09. The van der Waals surface area contributed by atoms with Gasteiger partial charge in [0, 0.05) is 12.1 Å². The van der Waals surface area contributed by atoms with Crippen molar-refractivity contribution in [3.63, 3.8) is 0 Å². The fourth-order valence-electron chi connectivity index (χ4n) is 2.16. The van der Waals surface area contributed by atoms with Crippen molar-refractivity contribution in [2.75, 3.05) is 11.5 Å². The Kier molecular flexibility index (Phi) is 3.09. The van der Waals surface area contributed by atoms with Gasteiger partial charge < -0.3 is 9.73 Å². The van der Waals surface area contributed by atoms with Crippen molar-refractivity contribution in [3.05, 3.63) is 30.2 Å². The largest absolute Gasteiger partial charge is 0.463 e. The molecule has 7 nitrogen and oxygen atoms in total. The lowest BCUT2D eigenvalue weighted by atomic mass is 10.2. The number of nitrogens with one attached hydrogen (secondary N) is 2. The molecule has 0 unspecified atom stereocenters. The molecule has 8 heteroatoms. The number of carbonyl (C=O) groups excluding carboxylic acids is 1. The number of aromatic amines is 1. The summed E-state index contributed by atoms with van der Waals surface area (Å²) in [5.41, 5.74) is 0.805. The van der Waals surface area contributed by atoms with E-state index in [1.807, 2.05) is 0 Å². The van der Waals surface area contributed by atoms with E-state index in [0.29, 0.717) is 17.9 Å². The molecule has 20 heavy (non-hydrogen) atoms. The molecule has 2 aromatic rings. The molecular weight excluding hydrogens is 282 g/mol. The van der Waals surface area contributed by atoms with Gasteiger partial charge in [0.15, 0.2) is 21.3 Å². The number of hydrogen-bond donors (Lipinski definition) is 2. The van der Waals surface area contributed by atoms with Gasteiger partial charge in [-0.1, -0.05) is 0 Å². The molecule has 0 aromatic carbocycles. The number of aromatic nitrogens is 2. The van der Waals surface area contributed by atoms with Gasteiger partial charge in [-0.25, -0.2) is 8.42 Å². The quantitative estimate of drug-likeness (QED) is 0.862. The van der Waals surface area contributed by atoms with Gasteiger partial charge in [-0.2, -0.15) is 5.10 Å². The Bertz CT molecular complexity index is 718. The van der Waals surface area contributed by atoms with E-state index in [4.69, 9.17) is 4.42 Å². The van der Waals surface area contributed by atoms with E-state index in [2.05, 4.69) is 15.5 Å². The second kappa shape index (κ2) is 4.78. The molecule has 1 aliphatic rings. The van der Waals surface area contributed by atoms with Crippen LogP contribution in [0.4, 0.5) is 0 Å². The van der Waals surface area contributed by atoms with E-state index in [1.165, 1.54) is 6.26 Å². The van der Waals surface area contributed by atoms with Gasteiger partial charge in [-0.3, -0.25) is 9.89 Å². The van der Waals surface area contributed by atoms with Crippen LogP contribution in [0.3, 0.4) is 0 Å². The highest BCUT2D eigenvalue weighted by Gasteiger charge is 2.29. The predicted molar refractivity (Wildman–Crippen MR) is 70.8 cm³/mol. The maximum atomic E-state index is 12.0. The Labute approximate surface area is 115 Å². The number of rotatable bonds is 3. The van der Waals surface area contributed by atoms with Gasteiger partial charge in [0.25, 0.3) is 5.91 Å². The first kappa shape index (κ1) is 12.9. The average Bonchev–Trinajstić information content (AvgIpc) is 3.08. The summed E-state index contributed by atoms with van der Waals surface area (Å²) in [6.45, 7) is 0. The summed E-state index contributed by atoms with van der Waals surface area (Å²) in [7, 11) is -3.01. The molecule has 2 aromatic heterocycles. The number of nitrogens with zero attached hydrogens (tertiary/aromatic N) is 1. The first-order chi connectivity index (χ1) is 9.53.